The summed E-state index contributed by atoms with van der Waals surface area (Å²) in [5, 5.41) is 9.06. The van der Waals surface area contributed by atoms with Gasteiger partial charge in [0, 0.05) is 7.11 Å². The molecule has 0 amide bonds. The van der Waals surface area contributed by atoms with E-state index in [0.29, 0.717) is 0 Å². The fourth-order valence-corrected chi connectivity index (χ4v) is 3.43. The fraction of sp³-hybridized carbons (Fsp3) is 0.538. The lowest BCUT2D eigenvalue weighted by Crippen LogP contribution is -2.42. The van der Waals surface area contributed by atoms with Gasteiger partial charge in [0.1, 0.15) is 0 Å². The van der Waals surface area contributed by atoms with Crippen molar-refractivity contribution >= 4 is 10.0 Å². The molecule has 0 spiro atoms. The first-order valence-electron chi connectivity index (χ1n) is 6.13. The van der Waals surface area contributed by atoms with Gasteiger partial charge in [-0.25, -0.2) is 13.1 Å². The molecule has 0 aliphatic heterocycles. The first-order valence-corrected chi connectivity index (χ1v) is 7.78. The topological polar surface area (TPSA) is 75.6 Å². The Morgan fingerprint density at radius 1 is 1.32 bits per heavy atom. The van der Waals surface area contributed by atoms with E-state index < -0.39 is 16.1 Å². The van der Waals surface area contributed by atoms with Gasteiger partial charge in [-0.3, -0.25) is 0 Å². The van der Waals surface area contributed by atoms with Crippen LogP contribution in [0.3, 0.4) is 0 Å². The second-order valence-corrected chi connectivity index (χ2v) is 6.34. The van der Waals surface area contributed by atoms with Crippen molar-refractivity contribution in [3.05, 3.63) is 35.9 Å². The van der Waals surface area contributed by atoms with E-state index in [0.717, 1.165) is 5.56 Å². The zero-order valence-electron chi connectivity index (χ0n) is 11.2. The third-order valence-electron chi connectivity index (χ3n) is 2.77. The first-order chi connectivity index (χ1) is 8.98. The summed E-state index contributed by atoms with van der Waals surface area (Å²) in [6.07, 6.45) is 0. The molecule has 1 aromatic carbocycles. The molecule has 2 atom stereocenters. The van der Waals surface area contributed by atoms with Crippen molar-refractivity contribution in [3.63, 3.8) is 0 Å². The van der Waals surface area contributed by atoms with E-state index in [9.17, 15) is 8.42 Å². The number of sulfonamides is 1. The van der Waals surface area contributed by atoms with Crippen molar-refractivity contribution in [3.8, 4) is 0 Å². The Labute approximate surface area is 114 Å². The zero-order valence-corrected chi connectivity index (χ0v) is 12.1. The van der Waals surface area contributed by atoms with Crippen LogP contribution in [0.4, 0.5) is 0 Å². The van der Waals surface area contributed by atoms with Crippen molar-refractivity contribution in [1.29, 1.82) is 0 Å². The zero-order chi connectivity index (χ0) is 14.3. The van der Waals surface area contributed by atoms with Crippen LogP contribution in [0.2, 0.25) is 0 Å². The molecular weight excluding hydrogens is 266 g/mol. The van der Waals surface area contributed by atoms with E-state index >= 15 is 0 Å². The van der Waals surface area contributed by atoms with Gasteiger partial charge in [-0.15, -0.1) is 0 Å². The van der Waals surface area contributed by atoms with Crippen molar-refractivity contribution in [2.75, 3.05) is 26.1 Å². The molecule has 0 fully saturated rings. The van der Waals surface area contributed by atoms with Crippen LogP contribution in [0.15, 0.2) is 30.3 Å². The number of nitrogens with one attached hydrogen (secondary N) is 1. The molecule has 19 heavy (non-hydrogen) atoms. The normalized spacial score (nSPS) is 15.1. The summed E-state index contributed by atoms with van der Waals surface area (Å²) in [7, 11) is -1.99. The number of benzene rings is 1. The number of ether oxygens (including phenoxy) is 1. The van der Waals surface area contributed by atoms with Crippen molar-refractivity contribution < 1.29 is 18.3 Å². The molecule has 0 aliphatic rings. The summed E-state index contributed by atoms with van der Waals surface area (Å²) < 4.78 is 31.2. The molecule has 2 unspecified atom stereocenters. The highest BCUT2D eigenvalue weighted by Gasteiger charge is 2.20. The maximum absolute atomic E-state index is 12.0. The summed E-state index contributed by atoms with van der Waals surface area (Å²) in [5.41, 5.74) is 0.972. The Bertz CT molecular complexity index is 461. The van der Waals surface area contributed by atoms with Gasteiger partial charge in [-0.2, -0.15) is 0 Å². The maximum Gasteiger partial charge on any atom is 0.212 e. The van der Waals surface area contributed by atoms with Gasteiger partial charge in [0.15, 0.2) is 0 Å². The molecule has 0 heterocycles. The van der Waals surface area contributed by atoms with Crippen molar-refractivity contribution in [1.82, 2.24) is 4.72 Å². The lowest BCUT2D eigenvalue weighted by atomic mass is 10.0. The van der Waals surface area contributed by atoms with Crippen molar-refractivity contribution in [2.45, 2.75) is 18.9 Å². The van der Waals surface area contributed by atoms with Gasteiger partial charge in [0.25, 0.3) is 0 Å². The molecule has 108 valence electrons. The van der Waals surface area contributed by atoms with Crippen molar-refractivity contribution in [2.24, 2.45) is 0 Å². The quantitative estimate of drug-likeness (QED) is 0.738. The monoisotopic (exact) mass is 287 g/mol. The number of hydrogen-bond donors (Lipinski definition) is 2. The molecule has 2 N–H and O–H groups in total. The highest BCUT2D eigenvalue weighted by molar-refractivity contribution is 7.89. The lowest BCUT2D eigenvalue weighted by Gasteiger charge is -2.18. The van der Waals surface area contributed by atoms with Crippen LogP contribution >= 0.6 is 0 Å². The third-order valence-corrected chi connectivity index (χ3v) is 4.40. The van der Waals surface area contributed by atoms with Crippen LogP contribution < -0.4 is 4.72 Å². The molecule has 6 heteroatoms. The average molecular weight is 287 g/mol. The largest absolute Gasteiger partial charge is 0.395 e. The number of aliphatic hydroxyl groups excluding tert-OH is 1. The summed E-state index contributed by atoms with van der Waals surface area (Å²) >= 11 is 0. The second-order valence-electron chi connectivity index (χ2n) is 4.55. The highest BCUT2D eigenvalue weighted by Crippen LogP contribution is 2.16. The second kappa shape index (κ2) is 7.59. The number of aliphatic hydroxyl groups is 1. The van der Waals surface area contributed by atoms with E-state index in [-0.39, 0.29) is 24.9 Å². The minimum Gasteiger partial charge on any atom is -0.395 e. The SMILES string of the molecule is COCC(CO)NS(=O)(=O)CC(C)c1ccccc1. The number of methoxy groups -OCH3 is 1. The Morgan fingerprint density at radius 2 is 1.95 bits per heavy atom. The van der Waals surface area contributed by atoms with Crippen LogP contribution in [-0.4, -0.2) is 45.6 Å². The Morgan fingerprint density at radius 3 is 2.47 bits per heavy atom. The van der Waals surface area contributed by atoms with E-state index in [1.165, 1.54) is 7.11 Å². The molecule has 0 saturated carbocycles. The summed E-state index contributed by atoms with van der Waals surface area (Å²) in [5.74, 6) is -0.127. The van der Waals surface area contributed by atoms with Crippen LogP contribution in [0.25, 0.3) is 0 Å². The van der Waals surface area contributed by atoms with Crippen LogP contribution in [0.1, 0.15) is 18.4 Å². The lowest BCUT2D eigenvalue weighted by molar-refractivity contribution is 0.139. The van der Waals surface area contributed by atoms with Gasteiger partial charge >= 0.3 is 0 Å². The number of rotatable bonds is 8. The molecule has 0 bridgehead atoms. The summed E-state index contributed by atoms with van der Waals surface area (Å²) in [6, 6.07) is 8.86. The molecule has 0 aliphatic carbocycles. The van der Waals surface area contributed by atoms with E-state index in [1.807, 2.05) is 37.3 Å². The predicted octanol–water partition coefficient (Wildman–Crippen LogP) is 0.717. The predicted molar refractivity (Wildman–Crippen MR) is 74.5 cm³/mol. The van der Waals surface area contributed by atoms with E-state index in [2.05, 4.69) is 4.72 Å². The minimum absolute atomic E-state index is 0.0166. The van der Waals surface area contributed by atoms with Crippen LogP contribution in [-0.2, 0) is 14.8 Å². The molecule has 1 aromatic rings. The molecule has 5 nitrogen and oxygen atoms in total. The molecule has 0 radical (unpaired) electrons. The van der Waals surface area contributed by atoms with Gasteiger partial charge < -0.3 is 9.84 Å². The average Bonchev–Trinajstić information content (AvgIpc) is 2.38. The Kier molecular flexibility index (Phi) is 6.44. The van der Waals surface area contributed by atoms with Gasteiger partial charge in [-0.05, 0) is 11.5 Å². The fourth-order valence-electron chi connectivity index (χ4n) is 1.83. The third kappa shape index (κ3) is 5.69. The maximum atomic E-state index is 12.0. The van der Waals surface area contributed by atoms with Gasteiger partial charge in [-0.1, -0.05) is 37.3 Å². The smallest absolute Gasteiger partial charge is 0.212 e. The molecule has 0 saturated heterocycles. The summed E-state index contributed by atoms with van der Waals surface area (Å²) in [4.78, 5) is 0. The Balaban J connectivity index is 2.64. The van der Waals surface area contributed by atoms with Gasteiger partial charge in [0.2, 0.25) is 10.0 Å². The molecule has 0 aromatic heterocycles. The van der Waals surface area contributed by atoms with E-state index in [1.54, 1.807) is 0 Å². The van der Waals surface area contributed by atoms with Crippen LogP contribution in [0.5, 0.6) is 0 Å². The molecular formula is C13H21NO4S. The number of hydrogen-bond acceptors (Lipinski definition) is 4. The molecule has 1 rings (SSSR count). The Hall–Kier alpha value is -0.950. The standard InChI is InChI=1S/C13H21NO4S/c1-11(12-6-4-3-5-7-12)10-19(16,17)14-13(8-15)9-18-2/h3-7,11,13-15H,8-10H2,1-2H3. The van der Waals surface area contributed by atoms with E-state index in [4.69, 9.17) is 9.84 Å². The van der Waals surface area contributed by atoms with Gasteiger partial charge in [0.05, 0.1) is 25.0 Å². The van der Waals surface area contributed by atoms with Crippen LogP contribution in [0, 0.1) is 0 Å². The minimum atomic E-state index is -3.45. The summed E-state index contributed by atoms with van der Waals surface area (Å²) in [6.45, 7) is 1.72. The first kappa shape index (κ1) is 16.1. The highest BCUT2D eigenvalue weighted by atomic mass is 32.2.